The van der Waals surface area contributed by atoms with Crippen LogP contribution in [0, 0.1) is 0 Å². The third-order valence-electron chi connectivity index (χ3n) is 2.41. The number of benzene rings is 1. The molecule has 0 heterocycles. The first kappa shape index (κ1) is 14.3. The predicted octanol–water partition coefficient (Wildman–Crippen LogP) is 3.04. The molecule has 0 saturated heterocycles. The molecule has 0 aliphatic heterocycles. The van der Waals surface area contributed by atoms with Gasteiger partial charge in [0, 0.05) is 23.8 Å². The molecule has 0 aliphatic carbocycles. The Labute approximate surface area is 111 Å². The van der Waals surface area contributed by atoms with Crippen molar-refractivity contribution in [3.63, 3.8) is 0 Å². The van der Waals surface area contributed by atoms with Gasteiger partial charge in [-0.1, -0.05) is 15.9 Å². The topological polar surface area (TPSA) is 37.4 Å². The Balaban J connectivity index is 2.92. The van der Waals surface area contributed by atoms with Gasteiger partial charge in [0.15, 0.2) is 0 Å². The van der Waals surface area contributed by atoms with Gasteiger partial charge in [-0.05, 0) is 38.1 Å². The number of sulfone groups is 1. The summed E-state index contributed by atoms with van der Waals surface area (Å²) in [4.78, 5) is 2.24. The summed E-state index contributed by atoms with van der Waals surface area (Å²) in [6.45, 7) is 5.56. The minimum absolute atomic E-state index is 0.309. The van der Waals surface area contributed by atoms with E-state index in [1.165, 1.54) is 5.41 Å². The van der Waals surface area contributed by atoms with Gasteiger partial charge in [-0.3, -0.25) is 0 Å². The van der Waals surface area contributed by atoms with E-state index in [0.29, 0.717) is 4.90 Å². The molecule has 0 spiro atoms. The summed E-state index contributed by atoms with van der Waals surface area (Å²) in [7, 11) is -3.34. The van der Waals surface area contributed by atoms with Gasteiger partial charge in [0.25, 0.3) is 0 Å². The van der Waals surface area contributed by atoms with Crippen LogP contribution in [-0.4, -0.2) is 26.4 Å². The molecule has 0 fully saturated rings. The van der Waals surface area contributed by atoms with Crippen LogP contribution in [0.4, 0.5) is 0 Å². The molecule has 0 atom stereocenters. The maximum absolute atomic E-state index is 12.0. The lowest BCUT2D eigenvalue weighted by atomic mass is 10.4. The normalized spacial score (nSPS) is 11.9. The molecule has 0 N–H and O–H groups in total. The summed E-state index contributed by atoms with van der Waals surface area (Å²) in [5.41, 5.74) is 0. The summed E-state index contributed by atoms with van der Waals surface area (Å²) in [6, 6.07) is 6.62. The molecule has 1 aromatic rings. The fourth-order valence-corrected chi connectivity index (χ4v) is 2.57. The molecule has 0 saturated carbocycles. The van der Waals surface area contributed by atoms with Crippen LogP contribution in [0.2, 0.25) is 0 Å². The van der Waals surface area contributed by atoms with Crippen LogP contribution < -0.4 is 0 Å². The Morgan fingerprint density at radius 3 is 2.18 bits per heavy atom. The van der Waals surface area contributed by atoms with Crippen LogP contribution in [0.5, 0.6) is 0 Å². The van der Waals surface area contributed by atoms with E-state index >= 15 is 0 Å². The molecule has 0 aliphatic rings. The number of hydrogen-bond donors (Lipinski definition) is 0. The molecule has 0 radical (unpaired) electrons. The molecular weight excluding hydrogens is 302 g/mol. The predicted molar refractivity (Wildman–Crippen MR) is 73.4 cm³/mol. The fraction of sp³-hybridized carbons (Fsp3) is 0.333. The summed E-state index contributed by atoms with van der Waals surface area (Å²) in [5.74, 6) is 0. The Bertz CT molecular complexity index is 476. The van der Waals surface area contributed by atoms with Crippen LogP contribution in [0.1, 0.15) is 13.8 Å². The second kappa shape index (κ2) is 6.21. The third-order valence-corrected chi connectivity index (χ3v) is 4.34. The van der Waals surface area contributed by atoms with Gasteiger partial charge in [0.05, 0.1) is 10.3 Å². The number of hydrogen-bond acceptors (Lipinski definition) is 3. The molecule has 1 rings (SSSR count). The van der Waals surface area contributed by atoms with Crippen LogP contribution in [0.15, 0.2) is 45.2 Å². The molecule has 94 valence electrons. The number of rotatable bonds is 5. The van der Waals surface area contributed by atoms with E-state index in [-0.39, 0.29) is 0 Å². The number of halogens is 1. The standard InChI is InChI=1S/C12H16BrNO2S/c1-3-14(4-2)9-10-17(15,16)12-7-5-11(13)6-8-12/h5-10H,3-4H2,1-2H3/b10-9+. The molecule has 5 heteroatoms. The van der Waals surface area contributed by atoms with E-state index in [1.54, 1.807) is 30.5 Å². The van der Waals surface area contributed by atoms with Crippen LogP contribution >= 0.6 is 15.9 Å². The van der Waals surface area contributed by atoms with Gasteiger partial charge in [-0.2, -0.15) is 0 Å². The Hall–Kier alpha value is -0.810. The summed E-state index contributed by atoms with van der Waals surface area (Å²) >= 11 is 3.28. The lowest BCUT2D eigenvalue weighted by molar-refractivity contribution is 0.419. The highest BCUT2D eigenvalue weighted by molar-refractivity contribution is 9.10. The lowest BCUT2D eigenvalue weighted by Gasteiger charge is -2.14. The van der Waals surface area contributed by atoms with Gasteiger partial charge < -0.3 is 4.90 Å². The average Bonchev–Trinajstić information content (AvgIpc) is 2.31. The lowest BCUT2D eigenvalue weighted by Crippen LogP contribution is -2.15. The van der Waals surface area contributed by atoms with Crippen molar-refractivity contribution in [2.75, 3.05) is 13.1 Å². The monoisotopic (exact) mass is 317 g/mol. The maximum Gasteiger partial charge on any atom is 0.201 e. The quantitative estimate of drug-likeness (QED) is 0.837. The zero-order chi connectivity index (χ0) is 12.9. The zero-order valence-electron chi connectivity index (χ0n) is 9.93. The van der Waals surface area contributed by atoms with Crippen molar-refractivity contribution >= 4 is 25.8 Å². The van der Waals surface area contributed by atoms with E-state index in [1.807, 2.05) is 18.7 Å². The van der Waals surface area contributed by atoms with Gasteiger partial charge in [-0.25, -0.2) is 8.42 Å². The summed E-state index contributed by atoms with van der Waals surface area (Å²) < 4.78 is 24.8. The van der Waals surface area contributed by atoms with Crippen molar-refractivity contribution in [1.29, 1.82) is 0 Å². The Kier molecular flexibility index (Phi) is 5.21. The fourth-order valence-electron chi connectivity index (χ4n) is 1.30. The molecule has 1 aromatic carbocycles. The van der Waals surface area contributed by atoms with Gasteiger partial charge >= 0.3 is 0 Å². The molecule has 0 aromatic heterocycles. The van der Waals surface area contributed by atoms with Crippen molar-refractivity contribution in [3.8, 4) is 0 Å². The van der Waals surface area contributed by atoms with E-state index in [4.69, 9.17) is 0 Å². The zero-order valence-corrected chi connectivity index (χ0v) is 12.3. The molecule has 0 amide bonds. The van der Waals surface area contributed by atoms with Crippen LogP contribution in [0.25, 0.3) is 0 Å². The largest absolute Gasteiger partial charge is 0.377 e. The van der Waals surface area contributed by atoms with E-state index in [0.717, 1.165) is 17.6 Å². The molecule has 3 nitrogen and oxygen atoms in total. The number of nitrogens with zero attached hydrogens (tertiary/aromatic N) is 1. The van der Waals surface area contributed by atoms with E-state index in [9.17, 15) is 8.42 Å². The van der Waals surface area contributed by atoms with E-state index < -0.39 is 9.84 Å². The molecular formula is C12H16BrNO2S. The molecule has 0 bridgehead atoms. The summed E-state index contributed by atoms with van der Waals surface area (Å²) in [6.07, 6.45) is 1.62. The van der Waals surface area contributed by atoms with Gasteiger partial charge in [0.2, 0.25) is 9.84 Å². The first-order valence-corrected chi connectivity index (χ1v) is 7.76. The summed E-state index contributed by atoms with van der Waals surface area (Å²) in [5, 5.41) is 1.25. The van der Waals surface area contributed by atoms with Crippen LogP contribution in [0.3, 0.4) is 0 Å². The SMILES string of the molecule is CCN(/C=C/S(=O)(=O)c1ccc(Br)cc1)CC. The highest BCUT2D eigenvalue weighted by atomic mass is 79.9. The van der Waals surface area contributed by atoms with Gasteiger partial charge in [0.1, 0.15) is 0 Å². The van der Waals surface area contributed by atoms with Crippen molar-refractivity contribution in [1.82, 2.24) is 4.90 Å². The highest BCUT2D eigenvalue weighted by Crippen LogP contribution is 2.16. The molecule has 17 heavy (non-hydrogen) atoms. The Morgan fingerprint density at radius 2 is 1.71 bits per heavy atom. The smallest absolute Gasteiger partial charge is 0.201 e. The average molecular weight is 318 g/mol. The van der Waals surface area contributed by atoms with Crippen molar-refractivity contribution in [3.05, 3.63) is 40.3 Å². The maximum atomic E-state index is 12.0. The van der Waals surface area contributed by atoms with Gasteiger partial charge in [-0.15, -0.1) is 0 Å². The van der Waals surface area contributed by atoms with Crippen molar-refractivity contribution in [2.24, 2.45) is 0 Å². The minimum Gasteiger partial charge on any atom is -0.377 e. The second-order valence-corrected chi connectivity index (χ2v) is 6.25. The minimum atomic E-state index is -3.34. The van der Waals surface area contributed by atoms with Crippen molar-refractivity contribution < 1.29 is 8.42 Å². The highest BCUT2D eigenvalue weighted by Gasteiger charge is 2.09. The second-order valence-electron chi connectivity index (χ2n) is 3.51. The van der Waals surface area contributed by atoms with Crippen LogP contribution in [-0.2, 0) is 9.84 Å². The molecule has 0 unspecified atom stereocenters. The van der Waals surface area contributed by atoms with E-state index in [2.05, 4.69) is 15.9 Å². The third kappa shape index (κ3) is 4.16. The first-order chi connectivity index (χ1) is 7.99. The van der Waals surface area contributed by atoms with Crippen molar-refractivity contribution in [2.45, 2.75) is 18.7 Å². The first-order valence-electron chi connectivity index (χ1n) is 5.42. The Morgan fingerprint density at radius 1 is 1.18 bits per heavy atom.